The second kappa shape index (κ2) is 11.7. The Morgan fingerprint density at radius 3 is 2.59 bits per heavy atom. The van der Waals surface area contributed by atoms with E-state index in [1.54, 1.807) is 0 Å². The number of ether oxygens (including phenoxy) is 1. The maximum absolute atomic E-state index is 11.5. The number of rotatable bonds is 11. The maximum atomic E-state index is 11.5. The molecule has 2 heteroatoms. The van der Waals surface area contributed by atoms with Crippen LogP contribution in [0, 0.1) is 5.92 Å². The zero-order valence-electron chi connectivity index (χ0n) is 11.5. The number of allylic oxidation sites excluding steroid dienone is 1. The summed E-state index contributed by atoms with van der Waals surface area (Å²) in [6.45, 7) is 8.35. The summed E-state index contributed by atoms with van der Waals surface area (Å²) in [5.74, 6) is 0.0378. The van der Waals surface area contributed by atoms with Crippen LogP contribution in [-0.4, -0.2) is 12.6 Å². The lowest BCUT2D eigenvalue weighted by molar-refractivity contribution is -0.148. The fraction of sp³-hybridized carbons (Fsp3) is 0.800. The molecule has 0 aromatic rings. The molecule has 0 aliphatic carbocycles. The molecule has 0 fully saturated rings. The lowest BCUT2D eigenvalue weighted by Gasteiger charge is -2.10. The van der Waals surface area contributed by atoms with Gasteiger partial charge in [-0.15, -0.1) is 6.58 Å². The highest BCUT2D eigenvalue weighted by Crippen LogP contribution is 2.13. The van der Waals surface area contributed by atoms with Crippen molar-refractivity contribution in [3.05, 3.63) is 12.7 Å². The van der Waals surface area contributed by atoms with E-state index in [2.05, 4.69) is 13.5 Å². The third kappa shape index (κ3) is 10.1. The first-order valence-electron chi connectivity index (χ1n) is 6.99. The van der Waals surface area contributed by atoms with Gasteiger partial charge < -0.3 is 4.74 Å². The van der Waals surface area contributed by atoms with Crippen LogP contribution in [0.3, 0.4) is 0 Å². The lowest BCUT2D eigenvalue weighted by atomic mass is 10.0. The molecule has 0 aliphatic heterocycles. The van der Waals surface area contributed by atoms with E-state index in [0.29, 0.717) is 6.61 Å². The molecule has 0 heterocycles. The summed E-state index contributed by atoms with van der Waals surface area (Å²) < 4.78 is 5.19. The third-order valence-electron chi connectivity index (χ3n) is 2.94. The normalized spacial score (nSPS) is 12.1. The van der Waals surface area contributed by atoms with Gasteiger partial charge in [0.1, 0.15) is 0 Å². The smallest absolute Gasteiger partial charge is 0.308 e. The molecule has 1 unspecified atom stereocenters. The first-order chi connectivity index (χ1) is 8.22. The third-order valence-corrected chi connectivity index (χ3v) is 2.94. The van der Waals surface area contributed by atoms with E-state index in [4.69, 9.17) is 4.74 Å². The predicted molar refractivity (Wildman–Crippen MR) is 72.9 cm³/mol. The second-order valence-electron chi connectivity index (χ2n) is 4.70. The Bertz CT molecular complexity index is 199. The SMILES string of the molecule is C=CCCCCCCC(C)C(=O)OCCCC. The van der Waals surface area contributed by atoms with Gasteiger partial charge in [0.2, 0.25) is 0 Å². The molecule has 0 N–H and O–H groups in total. The molecule has 0 aliphatic rings. The highest BCUT2D eigenvalue weighted by Gasteiger charge is 2.13. The van der Waals surface area contributed by atoms with Crippen molar-refractivity contribution in [3.63, 3.8) is 0 Å². The van der Waals surface area contributed by atoms with Crippen LogP contribution >= 0.6 is 0 Å². The molecule has 0 aromatic carbocycles. The van der Waals surface area contributed by atoms with Crippen LogP contribution in [-0.2, 0) is 9.53 Å². The number of hydrogen-bond donors (Lipinski definition) is 0. The monoisotopic (exact) mass is 240 g/mol. The molecule has 0 aromatic heterocycles. The predicted octanol–water partition coefficient (Wildman–Crippen LogP) is 4.49. The lowest BCUT2D eigenvalue weighted by Crippen LogP contribution is -2.15. The minimum absolute atomic E-state index is 0.0236. The van der Waals surface area contributed by atoms with Gasteiger partial charge in [-0.3, -0.25) is 4.79 Å². The van der Waals surface area contributed by atoms with E-state index in [-0.39, 0.29) is 11.9 Å². The van der Waals surface area contributed by atoms with Crippen molar-refractivity contribution in [2.75, 3.05) is 6.61 Å². The molecule has 0 saturated carbocycles. The van der Waals surface area contributed by atoms with E-state index in [0.717, 1.165) is 32.1 Å². The van der Waals surface area contributed by atoms with Gasteiger partial charge in [0.15, 0.2) is 0 Å². The van der Waals surface area contributed by atoms with Gasteiger partial charge in [0.25, 0.3) is 0 Å². The number of carbonyl (C=O) groups is 1. The number of hydrogen-bond acceptors (Lipinski definition) is 2. The minimum atomic E-state index is -0.0236. The van der Waals surface area contributed by atoms with Crippen molar-refractivity contribution in [1.29, 1.82) is 0 Å². The van der Waals surface area contributed by atoms with Crippen molar-refractivity contribution < 1.29 is 9.53 Å². The average Bonchev–Trinajstić information content (AvgIpc) is 2.33. The average molecular weight is 240 g/mol. The Morgan fingerprint density at radius 1 is 1.24 bits per heavy atom. The molecule has 0 rings (SSSR count). The minimum Gasteiger partial charge on any atom is -0.465 e. The van der Waals surface area contributed by atoms with Gasteiger partial charge >= 0.3 is 5.97 Å². The van der Waals surface area contributed by atoms with Crippen molar-refractivity contribution >= 4 is 5.97 Å². The van der Waals surface area contributed by atoms with E-state index < -0.39 is 0 Å². The zero-order valence-corrected chi connectivity index (χ0v) is 11.5. The Hall–Kier alpha value is -0.790. The van der Waals surface area contributed by atoms with Gasteiger partial charge in [-0.05, 0) is 25.7 Å². The van der Waals surface area contributed by atoms with Crippen LogP contribution in [0.5, 0.6) is 0 Å². The van der Waals surface area contributed by atoms with Crippen LogP contribution in [0.15, 0.2) is 12.7 Å². The first-order valence-corrected chi connectivity index (χ1v) is 6.99. The highest BCUT2D eigenvalue weighted by molar-refractivity contribution is 5.71. The highest BCUT2D eigenvalue weighted by atomic mass is 16.5. The molecule has 0 amide bonds. The number of esters is 1. The van der Waals surface area contributed by atoms with Gasteiger partial charge in [0, 0.05) is 0 Å². The fourth-order valence-corrected chi connectivity index (χ4v) is 1.67. The Balaban J connectivity index is 3.40. The van der Waals surface area contributed by atoms with Gasteiger partial charge in [0.05, 0.1) is 12.5 Å². The Labute approximate surface area is 106 Å². The summed E-state index contributed by atoms with van der Waals surface area (Å²) in [7, 11) is 0. The molecular formula is C15H28O2. The Kier molecular flexibility index (Phi) is 11.1. The van der Waals surface area contributed by atoms with Crippen molar-refractivity contribution in [1.82, 2.24) is 0 Å². The standard InChI is InChI=1S/C15H28O2/c1-4-6-8-9-10-11-12-14(3)15(16)17-13-7-5-2/h4,14H,1,5-13H2,2-3H3. The van der Waals surface area contributed by atoms with Crippen LogP contribution in [0.1, 0.15) is 65.2 Å². The van der Waals surface area contributed by atoms with E-state index >= 15 is 0 Å². The quantitative estimate of drug-likeness (QED) is 0.302. The molecule has 0 radical (unpaired) electrons. The molecule has 2 nitrogen and oxygen atoms in total. The topological polar surface area (TPSA) is 26.3 Å². The molecule has 1 atom stereocenters. The summed E-state index contributed by atoms with van der Waals surface area (Å²) in [6.07, 6.45) is 10.9. The molecule has 100 valence electrons. The number of carbonyl (C=O) groups excluding carboxylic acids is 1. The second-order valence-corrected chi connectivity index (χ2v) is 4.70. The molecule has 0 spiro atoms. The molecule has 0 saturated heterocycles. The van der Waals surface area contributed by atoms with Crippen LogP contribution in [0.4, 0.5) is 0 Å². The van der Waals surface area contributed by atoms with Gasteiger partial charge in [-0.1, -0.05) is 45.6 Å². The van der Waals surface area contributed by atoms with Crippen LogP contribution in [0.2, 0.25) is 0 Å². The van der Waals surface area contributed by atoms with Gasteiger partial charge in [-0.2, -0.15) is 0 Å². The molecule has 17 heavy (non-hydrogen) atoms. The molecule has 0 bridgehead atoms. The summed E-state index contributed by atoms with van der Waals surface area (Å²) in [4.78, 5) is 11.5. The van der Waals surface area contributed by atoms with Gasteiger partial charge in [-0.25, -0.2) is 0 Å². The number of unbranched alkanes of at least 4 members (excludes halogenated alkanes) is 5. The van der Waals surface area contributed by atoms with Crippen LogP contribution < -0.4 is 0 Å². The van der Waals surface area contributed by atoms with E-state index in [1.807, 2.05) is 13.0 Å². The summed E-state index contributed by atoms with van der Waals surface area (Å²) in [5.41, 5.74) is 0. The van der Waals surface area contributed by atoms with Crippen molar-refractivity contribution in [3.8, 4) is 0 Å². The van der Waals surface area contributed by atoms with Crippen LogP contribution in [0.25, 0.3) is 0 Å². The first kappa shape index (κ1) is 16.2. The summed E-state index contributed by atoms with van der Waals surface area (Å²) in [6, 6.07) is 0. The van der Waals surface area contributed by atoms with Crippen molar-refractivity contribution in [2.24, 2.45) is 5.92 Å². The fourth-order valence-electron chi connectivity index (χ4n) is 1.67. The molecular weight excluding hydrogens is 212 g/mol. The zero-order chi connectivity index (χ0) is 12.9. The van der Waals surface area contributed by atoms with Crippen molar-refractivity contribution in [2.45, 2.75) is 65.2 Å². The van der Waals surface area contributed by atoms with E-state index in [9.17, 15) is 4.79 Å². The maximum Gasteiger partial charge on any atom is 0.308 e. The largest absolute Gasteiger partial charge is 0.465 e. The van der Waals surface area contributed by atoms with E-state index in [1.165, 1.54) is 19.3 Å². The summed E-state index contributed by atoms with van der Waals surface area (Å²) in [5, 5.41) is 0. The Morgan fingerprint density at radius 2 is 1.94 bits per heavy atom. The summed E-state index contributed by atoms with van der Waals surface area (Å²) >= 11 is 0.